The number of allylic oxidation sites excluding steroid dienone is 1. The number of rotatable bonds is 4. The molecule has 0 radical (unpaired) electrons. The average Bonchev–Trinajstić information content (AvgIpc) is 2.16. The topological polar surface area (TPSA) is 38.0 Å². The van der Waals surface area contributed by atoms with Crippen LogP contribution in [0.3, 0.4) is 0 Å². The van der Waals surface area contributed by atoms with E-state index in [9.17, 15) is 0 Å². The molecule has 1 unspecified atom stereocenters. The monoisotopic (exact) mass is 204 g/mol. The summed E-state index contributed by atoms with van der Waals surface area (Å²) >= 11 is 0. The van der Waals surface area contributed by atoms with Gasteiger partial charge in [-0.25, -0.2) is 0 Å². The first kappa shape index (κ1) is 12.0. The minimum Gasteiger partial charge on any atom is -0.271 e. The zero-order valence-corrected chi connectivity index (χ0v) is 9.75. The number of nitrogens with two attached hydrogens (primary N) is 1. The third kappa shape index (κ3) is 4.28. The lowest BCUT2D eigenvalue weighted by Crippen LogP contribution is -2.35. The lowest BCUT2D eigenvalue weighted by molar-refractivity contribution is 0.613. The van der Waals surface area contributed by atoms with Gasteiger partial charge in [0, 0.05) is 6.04 Å². The number of hydrazine groups is 1. The Hall–Kier alpha value is -1.12. The smallest absolute Gasteiger partial charge is 0.0433 e. The van der Waals surface area contributed by atoms with Crippen molar-refractivity contribution < 1.29 is 0 Å². The van der Waals surface area contributed by atoms with Crippen LogP contribution >= 0.6 is 0 Å². The summed E-state index contributed by atoms with van der Waals surface area (Å²) in [6.07, 6.45) is 3.09. The van der Waals surface area contributed by atoms with E-state index in [2.05, 4.69) is 56.5 Å². The molecule has 2 heteroatoms. The van der Waals surface area contributed by atoms with Gasteiger partial charge in [0.25, 0.3) is 0 Å². The summed E-state index contributed by atoms with van der Waals surface area (Å²) in [6, 6.07) is 8.74. The van der Waals surface area contributed by atoms with Crippen LogP contribution in [-0.4, -0.2) is 6.04 Å². The van der Waals surface area contributed by atoms with Crippen molar-refractivity contribution in [2.45, 2.75) is 33.2 Å². The zero-order chi connectivity index (χ0) is 11.3. The van der Waals surface area contributed by atoms with Gasteiger partial charge in [-0.1, -0.05) is 41.5 Å². The molecule has 1 rings (SSSR count). The predicted octanol–water partition coefficient (Wildman–Crippen LogP) is 2.34. The van der Waals surface area contributed by atoms with Gasteiger partial charge in [-0.15, -0.1) is 0 Å². The molecular weight excluding hydrogens is 184 g/mol. The molecular formula is C13H20N2. The Morgan fingerprint density at radius 1 is 1.47 bits per heavy atom. The van der Waals surface area contributed by atoms with Crippen molar-refractivity contribution in [2.75, 3.05) is 0 Å². The maximum atomic E-state index is 5.51. The third-order valence-electron chi connectivity index (χ3n) is 2.29. The van der Waals surface area contributed by atoms with Crippen LogP contribution in [0.5, 0.6) is 0 Å². The highest BCUT2D eigenvalue weighted by molar-refractivity contribution is 5.24. The third-order valence-corrected chi connectivity index (χ3v) is 2.29. The van der Waals surface area contributed by atoms with Crippen LogP contribution in [0.4, 0.5) is 0 Å². The lowest BCUT2D eigenvalue weighted by Gasteiger charge is -2.12. The van der Waals surface area contributed by atoms with E-state index in [0.29, 0.717) is 0 Å². The standard InChI is InChI=1S/C13H20N2/c1-10(2)7-13(15-14)9-12-6-4-5-11(3)8-12/h4-8,13,15H,9,14H2,1-3H3. The molecule has 0 saturated carbocycles. The summed E-state index contributed by atoms with van der Waals surface area (Å²) in [5.41, 5.74) is 6.72. The minimum atomic E-state index is 0.219. The summed E-state index contributed by atoms with van der Waals surface area (Å²) in [6.45, 7) is 6.27. The van der Waals surface area contributed by atoms with Gasteiger partial charge in [-0.05, 0) is 32.8 Å². The van der Waals surface area contributed by atoms with Crippen molar-refractivity contribution in [3.05, 3.63) is 47.0 Å². The first-order valence-electron chi connectivity index (χ1n) is 5.28. The second-order valence-electron chi connectivity index (χ2n) is 4.21. The van der Waals surface area contributed by atoms with E-state index in [0.717, 1.165) is 6.42 Å². The fourth-order valence-electron chi connectivity index (χ4n) is 1.66. The van der Waals surface area contributed by atoms with E-state index in [1.165, 1.54) is 16.7 Å². The number of nitrogens with one attached hydrogen (secondary N) is 1. The summed E-state index contributed by atoms with van der Waals surface area (Å²) in [5.74, 6) is 5.51. The zero-order valence-electron chi connectivity index (χ0n) is 9.75. The minimum absolute atomic E-state index is 0.219. The van der Waals surface area contributed by atoms with Crippen LogP contribution in [0.25, 0.3) is 0 Å². The molecule has 0 aliphatic rings. The molecule has 1 aromatic carbocycles. The van der Waals surface area contributed by atoms with E-state index >= 15 is 0 Å². The Labute approximate surface area is 92.2 Å². The van der Waals surface area contributed by atoms with Gasteiger partial charge < -0.3 is 0 Å². The molecule has 1 aromatic rings. The quantitative estimate of drug-likeness (QED) is 0.449. The maximum absolute atomic E-state index is 5.51. The first-order chi connectivity index (χ1) is 7.11. The summed E-state index contributed by atoms with van der Waals surface area (Å²) in [7, 11) is 0. The molecule has 0 spiro atoms. The number of benzene rings is 1. The number of hydrogen-bond acceptors (Lipinski definition) is 2. The van der Waals surface area contributed by atoms with E-state index < -0.39 is 0 Å². The Kier molecular flexibility index (Phi) is 4.53. The normalized spacial score (nSPS) is 12.3. The fraction of sp³-hybridized carbons (Fsp3) is 0.385. The Bertz CT molecular complexity index is 338. The van der Waals surface area contributed by atoms with Gasteiger partial charge in [-0.2, -0.15) is 0 Å². The molecule has 0 bridgehead atoms. The van der Waals surface area contributed by atoms with E-state index in [1.54, 1.807) is 0 Å². The van der Waals surface area contributed by atoms with Crippen molar-refractivity contribution in [1.82, 2.24) is 5.43 Å². The lowest BCUT2D eigenvalue weighted by atomic mass is 10.0. The van der Waals surface area contributed by atoms with Gasteiger partial charge >= 0.3 is 0 Å². The predicted molar refractivity (Wildman–Crippen MR) is 65.4 cm³/mol. The van der Waals surface area contributed by atoms with Crippen LogP contribution < -0.4 is 11.3 Å². The Morgan fingerprint density at radius 2 is 2.20 bits per heavy atom. The highest BCUT2D eigenvalue weighted by Gasteiger charge is 2.03. The second-order valence-corrected chi connectivity index (χ2v) is 4.21. The van der Waals surface area contributed by atoms with Crippen molar-refractivity contribution in [1.29, 1.82) is 0 Å². The van der Waals surface area contributed by atoms with E-state index in [-0.39, 0.29) is 6.04 Å². The van der Waals surface area contributed by atoms with Crippen LogP contribution in [0.1, 0.15) is 25.0 Å². The van der Waals surface area contributed by atoms with Crippen LogP contribution in [0, 0.1) is 6.92 Å². The van der Waals surface area contributed by atoms with Crippen molar-refractivity contribution in [3.8, 4) is 0 Å². The highest BCUT2D eigenvalue weighted by atomic mass is 15.2. The average molecular weight is 204 g/mol. The number of aryl methyl sites for hydroxylation is 1. The van der Waals surface area contributed by atoms with Crippen LogP contribution in [0.15, 0.2) is 35.9 Å². The van der Waals surface area contributed by atoms with Gasteiger partial charge in [0.05, 0.1) is 0 Å². The molecule has 15 heavy (non-hydrogen) atoms. The van der Waals surface area contributed by atoms with Gasteiger partial charge in [0.1, 0.15) is 0 Å². The molecule has 0 amide bonds. The van der Waals surface area contributed by atoms with Crippen molar-refractivity contribution in [2.24, 2.45) is 5.84 Å². The summed E-state index contributed by atoms with van der Waals surface area (Å²) in [5, 5.41) is 0. The Morgan fingerprint density at radius 3 is 2.73 bits per heavy atom. The van der Waals surface area contributed by atoms with Crippen LogP contribution in [-0.2, 0) is 6.42 Å². The first-order valence-corrected chi connectivity index (χ1v) is 5.28. The fourth-order valence-corrected chi connectivity index (χ4v) is 1.66. The molecule has 0 aromatic heterocycles. The molecule has 2 nitrogen and oxygen atoms in total. The largest absolute Gasteiger partial charge is 0.271 e. The van der Waals surface area contributed by atoms with Gasteiger partial charge in [0.15, 0.2) is 0 Å². The maximum Gasteiger partial charge on any atom is 0.0433 e. The highest BCUT2D eigenvalue weighted by Crippen LogP contribution is 2.08. The van der Waals surface area contributed by atoms with E-state index in [4.69, 9.17) is 5.84 Å². The molecule has 0 heterocycles. The SMILES string of the molecule is CC(C)=CC(Cc1cccc(C)c1)NN. The molecule has 0 aliphatic heterocycles. The number of hydrogen-bond donors (Lipinski definition) is 2. The summed E-state index contributed by atoms with van der Waals surface area (Å²) in [4.78, 5) is 0. The summed E-state index contributed by atoms with van der Waals surface area (Å²) < 4.78 is 0. The van der Waals surface area contributed by atoms with Crippen LogP contribution in [0.2, 0.25) is 0 Å². The van der Waals surface area contributed by atoms with Crippen molar-refractivity contribution >= 4 is 0 Å². The second kappa shape index (κ2) is 5.69. The molecule has 1 atom stereocenters. The molecule has 82 valence electrons. The van der Waals surface area contributed by atoms with Gasteiger partial charge in [-0.3, -0.25) is 11.3 Å². The molecule has 0 saturated heterocycles. The van der Waals surface area contributed by atoms with Gasteiger partial charge in [0.2, 0.25) is 0 Å². The van der Waals surface area contributed by atoms with Crippen molar-refractivity contribution in [3.63, 3.8) is 0 Å². The molecule has 0 aliphatic carbocycles. The molecule has 0 fully saturated rings. The van der Waals surface area contributed by atoms with E-state index in [1.807, 2.05) is 0 Å². The molecule has 3 N–H and O–H groups in total. The Balaban J connectivity index is 2.71.